The molecule has 2 aliphatic heterocycles. The normalized spacial score (nSPS) is 24.8. The second kappa shape index (κ2) is 7.04. The lowest BCUT2D eigenvalue weighted by molar-refractivity contribution is -0.147. The minimum atomic E-state index is -0.264. The molecule has 2 atom stereocenters. The molecule has 0 spiro atoms. The van der Waals surface area contributed by atoms with Crippen LogP contribution in [0.3, 0.4) is 0 Å². The molecule has 0 aromatic rings. The number of amides is 2. The van der Waals surface area contributed by atoms with E-state index in [1.165, 1.54) is 0 Å². The Kier molecular flexibility index (Phi) is 5.37. The molecule has 114 valence electrons. The van der Waals surface area contributed by atoms with Crippen LogP contribution in [0.2, 0.25) is 0 Å². The molecular weight excluding hydrogens is 258 g/mol. The fraction of sp³-hybridized carbons (Fsp3) is 0.857. The molecule has 0 aromatic carbocycles. The summed E-state index contributed by atoms with van der Waals surface area (Å²) in [6, 6.07) is -0.264. The van der Waals surface area contributed by atoms with Crippen molar-refractivity contribution >= 4 is 11.8 Å². The first-order valence-electron chi connectivity index (χ1n) is 7.46. The molecule has 0 aromatic heterocycles. The highest BCUT2D eigenvalue weighted by Crippen LogP contribution is 2.22. The summed E-state index contributed by atoms with van der Waals surface area (Å²) in [6.07, 6.45) is 1.70. The smallest absolute Gasteiger partial charge is 0.245 e. The van der Waals surface area contributed by atoms with E-state index in [9.17, 15) is 9.59 Å². The number of rotatable bonds is 4. The molecular formula is C14H25N3O3. The van der Waals surface area contributed by atoms with Gasteiger partial charge in [0.05, 0.1) is 13.2 Å². The number of likely N-dealkylation sites (tertiary alicyclic amines) is 1. The van der Waals surface area contributed by atoms with Gasteiger partial charge in [0.1, 0.15) is 6.04 Å². The van der Waals surface area contributed by atoms with Crippen molar-refractivity contribution in [2.75, 3.05) is 46.4 Å². The molecule has 0 aliphatic carbocycles. The van der Waals surface area contributed by atoms with Crippen LogP contribution in [-0.4, -0.2) is 74.1 Å². The zero-order valence-electron chi connectivity index (χ0n) is 12.4. The van der Waals surface area contributed by atoms with Gasteiger partial charge in [-0.25, -0.2) is 0 Å². The van der Waals surface area contributed by atoms with E-state index in [-0.39, 0.29) is 23.8 Å². The Morgan fingerprint density at radius 1 is 1.30 bits per heavy atom. The number of morpholine rings is 1. The van der Waals surface area contributed by atoms with Gasteiger partial charge in [0.25, 0.3) is 0 Å². The summed E-state index contributed by atoms with van der Waals surface area (Å²) in [7, 11) is 1.84. The molecule has 2 rings (SSSR count). The van der Waals surface area contributed by atoms with Crippen LogP contribution in [0.4, 0.5) is 0 Å². The van der Waals surface area contributed by atoms with Gasteiger partial charge >= 0.3 is 0 Å². The predicted molar refractivity (Wildman–Crippen MR) is 75.2 cm³/mol. The Labute approximate surface area is 120 Å². The summed E-state index contributed by atoms with van der Waals surface area (Å²) in [5, 5.41) is 3.02. The van der Waals surface area contributed by atoms with Gasteiger partial charge in [0, 0.05) is 32.1 Å². The van der Waals surface area contributed by atoms with Gasteiger partial charge in [-0.05, 0) is 19.9 Å². The van der Waals surface area contributed by atoms with E-state index in [0.29, 0.717) is 39.4 Å². The van der Waals surface area contributed by atoms with Gasteiger partial charge in [-0.1, -0.05) is 6.92 Å². The molecule has 0 radical (unpaired) electrons. The van der Waals surface area contributed by atoms with E-state index in [2.05, 4.69) is 5.32 Å². The Morgan fingerprint density at radius 2 is 2.00 bits per heavy atom. The van der Waals surface area contributed by atoms with Crippen molar-refractivity contribution in [2.24, 2.45) is 5.92 Å². The first-order chi connectivity index (χ1) is 9.65. The molecule has 2 saturated heterocycles. The van der Waals surface area contributed by atoms with E-state index >= 15 is 0 Å². The molecule has 2 aliphatic rings. The second-order valence-electron chi connectivity index (χ2n) is 5.59. The highest BCUT2D eigenvalue weighted by molar-refractivity contribution is 5.89. The quantitative estimate of drug-likeness (QED) is 0.769. The molecule has 2 heterocycles. The summed E-state index contributed by atoms with van der Waals surface area (Å²) in [5.41, 5.74) is 0. The van der Waals surface area contributed by atoms with Crippen LogP contribution in [0.1, 0.15) is 19.8 Å². The maximum absolute atomic E-state index is 12.6. The van der Waals surface area contributed by atoms with E-state index < -0.39 is 0 Å². The van der Waals surface area contributed by atoms with Crippen LogP contribution in [-0.2, 0) is 14.3 Å². The Morgan fingerprint density at radius 3 is 2.65 bits per heavy atom. The first kappa shape index (κ1) is 15.3. The van der Waals surface area contributed by atoms with Crippen LogP contribution in [0.5, 0.6) is 0 Å². The Balaban J connectivity index is 1.99. The lowest BCUT2D eigenvalue weighted by Crippen LogP contribution is -2.52. The van der Waals surface area contributed by atoms with E-state index in [1.807, 2.05) is 18.9 Å². The summed E-state index contributed by atoms with van der Waals surface area (Å²) in [6.45, 7) is 5.74. The van der Waals surface area contributed by atoms with Gasteiger partial charge in [0.15, 0.2) is 0 Å². The van der Waals surface area contributed by atoms with Gasteiger partial charge < -0.3 is 19.9 Å². The maximum atomic E-state index is 12.6. The second-order valence-corrected chi connectivity index (χ2v) is 5.59. The molecule has 2 unspecified atom stereocenters. The molecule has 1 N–H and O–H groups in total. The fourth-order valence-corrected chi connectivity index (χ4v) is 2.96. The zero-order valence-corrected chi connectivity index (χ0v) is 12.4. The predicted octanol–water partition coefficient (Wildman–Crippen LogP) is -0.308. The van der Waals surface area contributed by atoms with Crippen molar-refractivity contribution in [3.05, 3.63) is 0 Å². The Hall–Kier alpha value is -1.14. The number of nitrogens with zero attached hydrogens (tertiary/aromatic N) is 2. The van der Waals surface area contributed by atoms with E-state index in [4.69, 9.17) is 4.74 Å². The third kappa shape index (κ3) is 3.30. The third-order valence-corrected chi connectivity index (χ3v) is 4.08. The number of nitrogens with one attached hydrogen (secondary N) is 1. The summed E-state index contributed by atoms with van der Waals surface area (Å²) < 4.78 is 5.27. The molecule has 2 fully saturated rings. The van der Waals surface area contributed by atoms with E-state index in [0.717, 1.165) is 12.8 Å². The van der Waals surface area contributed by atoms with Gasteiger partial charge in [-0.15, -0.1) is 0 Å². The van der Waals surface area contributed by atoms with Crippen LogP contribution < -0.4 is 5.32 Å². The molecule has 0 saturated carbocycles. The Bertz CT molecular complexity index is 356. The van der Waals surface area contributed by atoms with Crippen molar-refractivity contribution in [1.29, 1.82) is 0 Å². The molecule has 20 heavy (non-hydrogen) atoms. The fourth-order valence-electron chi connectivity index (χ4n) is 2.96. The van der Waals surface area contributed by atoms with Gasteiger partial charge in [-0.3, -0.25) is 9.59 Å². The summed E-state index contributed by atoms with van der Waals surface area (Å²) in [5.74, 6) is 0.0948. The van der Waals surface area contributed by atoms with Crippen LogP contribution in [0.25, 0.3) is 0 Å². The minimum absolute atomic E-state index is 0.0851. The van der Waals surface area contributed by atoms with Crippen molar-refractivity contribution in [3.63, 3.8) is 0 Å². The number of hydrogen-bond acceptors (Lipinski definition) is 4. The topological polar surface area (TPSA) is 61.9 Å². The molecule has 0 bridgehead atoms. The maximum Gasteiger partial charge on any atom is 0.245 e. The number of carbonyl (C=O) groups excluding carboxylic acids is 2. The molecule has 2 amide bonds. The largest absolute Gasteiger partial charge is 0.378 e. The van der Waals surface area contributed by atoms with Crippen molar-refractivity contribution in [3.8, 4) is 0 Å². The average Bonchev–Trinajstić information content (AvgIpc) is 2.96. The van der Waals surface area contributed by atoms with E-state index in [1.54, 1.807) is 4.90 Å². The van der Waals surface area contributed by atoms with Crippen LogP contribution in [0.15, 0.2) is 0 Å². The van der Waals surface area contributed by atoms with Crippen molar-refractivity contribution in [2.45, 2.75) is 25.8 Å². The zero-order chi connectivity index (χ0) is 14.5. The SMILES string of the molecule is CNCC(C)C(=O)N1CCCC1C(=O)N1CCOCC1. The first-order valence-corrected chi connectivity index (χ1v) is 7.46. The number of ether oxygens (including phenoxy) is 1. The van der Waals surface area contributed by atoms with Crippen molar-refractivity contribution in [1.82, 2.24) is 15.1 Å². The minimum Gasteiger partial charge on any atom is -0.378 e. The van der Waals surface area contributed by atoms with Gasteiger partial charge in [0.2, 0.25) is 11.8 Å². The lowest BCUT2D eigenvalue weighted by Gasteiger charge is -2.33. The number of hydrogen-bond donors (Lipinski definition) is 1. The monoisotopic (exact) mass is 283 g/mol. The highest BCUT2D eigenvalue weighted by Gasteiger charge is 2.38. The summed E-state index contributed by atoms with van der Waals surface area (Å²) in [4.78, 5) is 28.6. The lowest BCUT2D eigenvalue weighted by atomic mass is 10.1. The average molecular weight is 283 g/mol. The number of carbonyl (C=O) groups is 2. The molecule has 6 heteroatoms. The summed E-state index contributed by atoms with van der Waals surface area (Å²) >= 11 is 0. The van der Waals surface area contributed by atoms with Crippen molar-refractivity contribution < 1.29 is 14.3 Å². The molecule has 6 nitrogen and oxygen atoms in total. The highest BCUT2D eigenvalue weighted by atomic mass is 16.5. The van der Waals surface area contributed by atoms with Gasteiger partial charge in [-0.2, -0.15) is 0 Å². The van der Waals surface area contributed by atoms with Crippen LogP contribution >= 0.6 is 0 Å². The third-order valence-electron chi connectivity index (χ3n) is 4.08. The van der Waals surface area contributed by atoms with Crippen LogP contribution in [0, 0.1) is 5.92 Å². The standard InChI is InChI=1S/C14H25N3O3/c1-11(10-15-2)13(18)17-5-3-4-12(17)14(19)16-6-8-20-9-7-16/h11-12,15H,3-10H2,1-2H3.